The van der Waals surface area contributed by atoms with Crippen LogP contribution in [-0.4, -0.2) is 38.4 Å². The molecule has 2 aromatic rings. The van der Waals surface area contributed by atoms with Gasteiger partial charge in [0.15, 0.2) is 17.5 Å². The monoisotopic (exact) mass is 385 g/mol. The van der Waals surface area contributed by atoms with E-state index in [0.717, 1.165) is 49.6 Å². The molecule has 152 valence electrons. The van der Waals surface area contributed by atoms with Crippen molar-refractivity contribution in [1.82, 2.24) is 10.6 Å². The third-order valence-corrected chi connectivity index (χ3v) is 4.40. The summed E-state index contributed by atoms with van der Waals surface area (Å²) in [5.74, 6) is 2.24. The van der Waals surface area contributed by atoms with Crippen molar-refractivity contribution in [2.45, 2.75) is 32.7 Å². The van der Waals surface area contributed by atoms with E-state index in [1.165, 1.54) is 5.56 Å². The molecular weight excluding hydrogens is 354 g/mol. The van der Waals surface area contributed by atoms with E-state index >= 15 is 0 Å². The van der Waals surface area contributed by atoms with E-state index in [9.17, 15) is 5.11 Å². The van der Waals surface area contributed by atoms with Crippen LogP contribution in [0.25, 0.3) is 0 Å². The molecule has 0 saturated carbocycles. The topological polar surface area (TPSA) is 75.1 Å². The molecule has 0 radical (unpaired) electrons. The van der Waals surface area contributed by atoms with Crippen LogP contribution in [0.2, 0.25) is 0 Å². The zero-order chi connectivity index (χ0) is 20.2. The van der Waals surface area contributed by atoms with Crippen molar-refractivity contribution in [1.29, 1.82) is 0 Å². The minimum Gasteiger partial charge on any atom is -0.504 e. The molecule has 0 spiro atoms. The summed E-state index contributed by atoms with van der Waals surface area (Å²) in [5, 5.41) is 16.8. The minimum atomic E-state index is 0.143. The highest BCUT2D eigenvalue weighted by molar-refractivity contribution is 5.79. The Morgan fingerprint density at radius 2 is 1.79 bits per heavy atom. The van der Waals surface area contributed by atoms with Gasteiger partial charge in [-0.3, -0.25) is 0 Å². The zero-order valence-electron chi connectivity index (χ0n) is 17.0. The molecule has 0 aliphatic carbocycles. The highest BCUT2D eigenvalue weighted by Crippen LogP contribution is 2.29. The van der Waals surface area contributed by atoms with Crippen LogP contribution < -0.4 is 20.1 Å². The molecule has 2 rings (SSSR count). The average Bonchev–Trinajstić information content (AvgIpc) is 2.73. The Morgan fingerprint density at radius 1 is 1.00 bits per heavy atom. The molecule has 0 aromatic heterocycles. The summed E-state index contributed by atoms with van der Waals surface area (Å²) in [7, 11) is 3.22. The van der Waals surface area contributed by atoms with Crippen molar-refractivity contribution < 1.29 is 14.6 Å². The van der Waals surface area contributed by atoms with Crippen LogP contribution in [0, 0.1) is 0 Å². The Hall–Kier alpha value is -2.89. The van der Waals surface area contributed by atoms with Crippen LogP contribution in [0.1, 0.15) is 30.9 Å². The molecule has 0 fully saturated rings. The number of phenolic OH excluding ortho intramolecular Hbond substituents is 1. The van der Waals surface area contributed by atoms with E-state index < -0.39 is 0 Å². The lowest BCUT2D eigenvalue weighted by molar-refractivity contribution is 0.370. The molecule has 6 heteroatoms. The second-order valence-electron chi connectivity index (χ2n) is 6.40. The highest BCUT2D eigenvalue weighted by atomic mass is 16.5. The normalized spacial score (nSPS) is 11.2. The molecule has 0 unspecified atom stereocenters. The summed E-state index contributed by atoms with van der Waals surface area (Å²) in [4.78, 5) is 4.56. The number of nitrogens with one attached hydrogen (secondary N) is 2. The third-order valence-electron chi connectivity index (χ3n) is 4.40. The zero-order valence-corrected chi connectivity index (χ0v) is 17.0. The number of aryl methyl sites for hydroxylation is 1. The lowest BCUT2D eigenvalue weighted by atomic mass is 10.1. The smallest absolute Gasteiger partial charge is 0.191 e. The van der Waals surface area contributed by atoms with E-state index in [0.29, 0.717) is 12.3 Å². The van der Waals surface area contributed by atoms with Crippen molar-refractivity contribution in [2.24, 2.45) is 4.99 Å². The van der Waals surface area contributed by atoms with Crippen molar-refractivity contribution in [3.8, 4) is 17.2 Å². The number of rotatable bonds is 10. The van der Waals surface area contributed by atoms with E-state index in [-0.39, 0.29) is 5.75 Å². The summed E-state index contributed by atoms with van der Waals surface area (Å²) >= 11 is 0. The number of para-hydroxylation sites is 1. The van der Waals surface area contributed by atoms with Gasteiger partial charge in [-0.1, -0.05) is 24.3 Å². The van der Waals surface area contributed by atoms with E-state index in [4.69, 9.17) is 9.47 Å². The first-order chi connectivity index (χ1) is 13.7. The number of hydrogen-bond acceptors (Lipinski definition) is 4. The summed E-state index contributed by atoms with van der Waals surface area (Å²) in [6, 6.07) is 13.6. The minimum absolute atomic E-state index is 0.143. The van der Waals surface area contributed by atoms with Crippen LogP contribution in [0.15, 0.2) is 47.5 Å². The summed E-state index contributed by atoms with van der Waals surface area (Å²) in [5.41, 5.74) is 2.05. The number of phenols is 1. The first-order valence-electron chi connectivity index (χ1n) is 9.67. The predicted molar refractivity (Wildman–Crippen MR) is 113 cm³/mol. The molecule has 0 heterocycles. The molecule has 0 saturated heterocycles. The summed E-state index contributed by atoms with van der Waals surface area (Å²) in [6.45, 7) is 4.03. The molecule has 0 bridgehead atoms. The van der Waals surface area contributed by atoms with E-state index in [1.54, 1.807) is 20.3 Å². The molecule has 28 heavy (non-hydrogen) atoms. The Balaban J connectivity index is 1.79. The van der Waals surface area contributed by atoms with Crippen molar-refractivity contribution in [2.75, 3.05) is 27.3 Å². The average molecular weight is 386 g/mol. The molecule has 2 aromatic carbocycles. The fourth-order valence-electron chi connectivity index (χ4n) is 2.82. The van der Waals surface area contributed by atoms with E-state index in [1.807, 2.05) is 31.2 Å². The molecule has 0 aliphatic rings. The maximum absolute atomic E-state index is 10.2. The predicted octanol–water partition coefficient (Wildman–Crippen LogP) is 3.49. The SMILES string of the molecule is CCNC(=NCc1cccc(OC)c1O)NCCCCc1ccc(OC)cc1. The van der Waals surface area contributed by atoms with Gasteiger partial charge in [-0.15, -0.1) is 0 Å². The van der Waals surface area contributed by atoms with Gasteiger partial charge in [0.25, 0.3) is 0 Å². The van der Waals surface area contributed by atoms with Crippen LogP contribution in [0.4, 0.5) is 0 Å². The van der Waals surface area contributed by atoms with Crippen molar-refractivity contribution in [3.63, 3.8) is 0 Å². The van der Waals surface area contributed by atoms with Gasteiger partial charge >= 0.3 is 0 Å². The van der Waals surface area contributed by atoms with Gasteiger partial charge in [0, 0.05) is 18.7 Å². The lowest BCUT2D eigenvalue weighted by Gasteiger charge is -2.12. The van der Waals surface area contributed by atoms with Crippen molar-refractivity contribution >= 4 is 5.96 Å². The van der Waals surface area contributed by atoms with Gasteiger partial charge in [-0.2, -0.15) is 0 Å². The van der Waals surface area contributed by atoms with Crippen LogP contribution in [0.5, 0.6) is 17.2 Å². The van der Waals surface area contributed by atoms with Crippen LogP contribution in [0.3, 0.4) is 0 Å². The fourth-order valence-corrected chi connectivity index (χ4v) is 2.82. The van der Waals surface area contributed by atoms with Gasteiger partial charge in [0.1, 0.15) is 5.75 Å². The van der Waals surface area contributed by atoms with Crippen molar-refractivity contribution in [3.05, 3.63) is 53.6 Å². The van der Waals surface area contributed by atoms with Gasteiger partial charge in [0.2, 0.25) is 0 Å². The first-order valence-corrected chi connectivity index (χ1v) is 9.67. The number of benzene rings is 2. The second kappa shape index (κ2) is 11.7. The number of nitrogens with zero attached hydrogens (tertiary/aromatic N) is 1. The van der Waals surface area contributed by atoms with Crippen LogP contribution in [-0.2, 0) is 13.0 Å². The maximum atomic E-state index is 10.2. The molecule has 0 atom stereocenters. The molecule has 0 amide bonds. The summed E-state index contributed by atoms with van der Waals surface area (Å²) in [6.07, 6.45) is 3.17. The maximum Gasteiger partial charge on any atom is 0.191 e. The van der Waals surface area contributed by atoms with Crippen LogP contribution >= 0.6 is 0 Å². The number of aromatic hydroxyl groups is 1. The number of aliphatic imine (C=N–C) groups is 1. The van der Waals surface area contributed by atoms with Gasteiger partial charge in [-0.25, -0.2) is 4.99 Å². The Labute approximate surface area is 167 Å². The number of methoxy groups -OCH3 is 2. The molecule has 3 N–H and O–H groups in total. The molecular formula is C22H31N3O3. The fraction of sp³-hybridized carbons (Fsp3) is 0.409. The van der Waals surface area contributed by atoms with Gasteiger partial charge in [-0.05, 0) is 49.9 Å². The molecule has 6 nitrogen and oxygen atoms in total. The number of guanidine groups is 1. The second-order valence-corrected chi connectivity index (χ2v) is 6.40. The Bertz CT molecular complexity index is 745. The summed E-state index contributed by atoms with van der Waals surface area (Å²) < 4.78 is 10.3. The number of unbranched alkanes of at least 4 members (excludes halogenated alkanes) is 1. The van der Waals surface area contributed by atoms with Gasteiger partial charge < -0.3 is 25.2 Å². The Morgan fingerprint density at radius 3 is 2.46 bits per heavy atom. The van der Waals surface area contributed by atoms with Gasteiger partial charge in [0.05, 0.1) is 20.8 Å². The third kappa shape index (κ3) is 6.68. The molecule has 0 aliphatic heterocycles. The Kier molecular flexibility index (Phi) is 8.98. The van der Waals surface area contributed by atoms with E-state index in [2.05, 4.69) is 27.8 Å². The quantitative estimate of drug-likeness (QED) is 0.332. The first kappa shape index (κ1) is 21.4. The largest absolute Gasteiger partial charge is 0.504 e. The standard InChI is InChI=1S/C22H31N3O3/c1-4-23-22(25-16-18-9-7-10-20(28-3)21(18)26)24-15-6-5-8-17-11-13-19(27-2)14-12-17/h7,9-14,26H,4-6,8,15-16H2,1-3H3,(H2,23,24,25). The highest BCUT2D eigenvalue weighted by Gasteiger charge is 2.07. The number of hydrogen-bond donors (Lipinski definition) is 3. The lowest BCUT2D eigenvalue weighted by Crippen LogP contribution is -2.37. The number of ether oxygens (including phenoxy) is 2.